The third kappa shape index (κ3) is 4.14. The van der Waals surface area contributed by atoms with Crippen LogP contribution in [-0.2, 0) is 32.7 Å². The highest BCUT2D eigenvalue weighted by molar-refractivity contribution is 7.84. The van der Waals surface area contributed by atoms with Gasteiger partial charge in [-0.1, -0.05) is 25.5 Å². The van der Waals surface area contributed by atoms with E-state index in [1.54, 1.807) is 6.08 Å². The number of carbonyl (C=O) groups is 1. The van der Waals surface area contributed by atoms with Crippen LogP contribution in [0, 0.1) is 17.3 Å². The number of benzene rings is 1. The molecular weight excluding hydrogens is 414 g/mol. The summed E-state index contributed by atoms with van der Waals surface area (Å²) in [5.74, 6) is 1.76. The standard InChI is InChI=1S/C24H33NO5S/c1-4-15-12-20-16(13-22(15)30-31(25,27)28)6-8-19-18(20)10-11-24(3)17(7-9-21(19)24)14-23(26)29-5-2/h12-14,18-19,21H,4-11H2,1-3H3,(H2,25,27,28)/t18?,19?,21?,24-/m1/s1. The number of ether oxygens (including phenoxy) is 1. The average molecular weight is 448 g/mol. The third-order valence-corrected chi connectivity index (χ3v) is 8.33. The number of hydrogen-bond donors (Lipinski definition) is 1. The van der Waals surface area contributed by atoms with Crippen LogP contribution < -0.4 is 9.32 Å². The molecule has 0 radical (unpaired) electrons. The van der Waals surface area contributed by atoms with Gasteiger partial charge in [0, 0.05) is 6.08 Å². The molecular formula is C24H33NO5S. The zero-order valence-corrected chi connectivity index (χ0v) is 19.5. The first-order valence-electron chi connectivity index (χ1n) is 11.4. The van der Waals surface area contributed by atoms with Gasteiger partial charge in [0.15, 0.2) is 0 Å². The van der Waals surface area contributed by atoms with Gasteiger partial charge in [0.1, 0.15) is 5.75 Å². The number of carbonyl (C=O) groups excluding carboxylic acids is 1. The van der Waals surface area contributed by atoms with Gasteiger partial charge in [-0.15, -0.1) is 0 Å². The highest BCUT2D eigenvalue weighted by Crippen LogP contribution is 2.63. The van der Waals surface area contributed by atoms with Crippen LogP contribution in [-0.4, -0.2) is 21.0 Å². The molecule has 3 aliphatic carbocycles. The summed E-state index contributed by atoms with van der Waals surface area (Å²) < 4.78 is 33.2. The van der Waals surface area contributed by atoms with Crippen molar-refractivity contribution in [2.75, 3.05) is 6.61 Å². The van der Waals surface area contributed by atoms with Crippen LogP contribution in [0.15, 0.2) is 23.8 Å². The Kier molecular flexibility index (Phi) is 5.94. The molecule has 2 N–H and O–H groups in total. The lowest BCUT2D eigenvalue weighted by molar-refractivity contribution is -0.137. The van der Waals surface area contributed by atoms with Crippen LogP contribution in [0.4, 0.5) is 0 Å². The van der Waals surface area contributed by atoms with Crippen LogP contribution in [0.5, 0.6) is 5.75 Å². The van der Waals surface area contributed by atoms with Crippen molar-refractivity contribution in [3.63, 3.8) is 0 Å². The normalized spacial score (nSPS) is 31.0. The molecule has 7 heteroatoms. The Morgan fingerprint density at radius 3 is 2.68 bits per heavy atom. The molecule has 0 aromatic heterocycles. The van der Waals surface area contributed by atoms with Crippen molar-refractivity contribution in [2.45, 2.75) is 71.6 Å². The van der Waals surface area contributed by atoms with Crippen LogP contribution in [0.25, 0.3) is 0 Å². The van der Waals surface area contributed by atoms with Crippen molar-refractivity contribution in [3.8, 4) is 5.75 Å². The largest absolute Gasteiger partial charge is 0.463 e. The Balaban J connectivity index is 1.64. The molecule has 0 bridgehead atoms. The van der Waals surface area contributed by atoms with Gasteiger partial charge in [-0.3, -0.25) is 0 Å². The fourth-order valence-electron chi connectivity index (χ4n) is 6.54. The average Bonchev–Trinajstić information content (AvgIpc) is 3.02. The summed E-state index contributed by atoms with van der Waals surface area (Å²) in [6, 6.07) is 4.04. The van der Waals surface area contributed by atoms with E-state index in [2.05, 4.69) is 13.0 Å². The van der Waals surface area contributed by atoms with E-state index in [1.165, 1.54) is 16.7 Å². The first-order valence-corrected chi connectivity index (χ1v) is 12.9. The Labute approximate surface area is 185 Å². The second kappa shape index (κ2) is 8.24. The highest BCUT2D eigenvalue weighted by Gasteiger charge is 2.52. The SMILES string of the molecule is CCOC(=O)C=C1CCC2C3CCc4cc(OS(N)(=O)=O)c(CC)cc4C3CC[C@]12C. The maximum atomic E-state index is 12.1. The van der Waals surface area contributed by atoms with Gasteiger partial charge in [0.05, 0.1) is 6.61 Å². The molecule has 0 amide bonds. The molecule has 4 atom stereocenters. The summed E-state index contributed by atoms with van der Waals surface area (Å²) in [6.45, 7) is 6.58. The van der Waals surface area contributed by atoms with Crippen molar-refractivity contribution < 1.29 is 22.1 Å². The molecule has 170 valence electrons. The number of fused-ring (bicyclic) bond motifs is 5. The molecule has 0 saturated heterocycles. The van der Waals surface area contributed by atoms with Gasteiger partial charge in [0.25, 0.3) is 0 Å². The van der Waals surface area contributed by atoms with Crippen LogP contribution in [0.3, 0.4) is 0 Å². The Hall–Kier alpha value is -1.86. The first kappa shape index (κ1) is 22.3. The maximum Gasteiger partial charge on any atom is 0.380 e. The molecule has 3 aliphatic rings. The predicted octanol–water partition coefficient (Wildman–Crippen LogP) is 4.18. The zero-order valence-electron chi connectivity index (χ0n) is 18.6. The van der Waals surface area contributed by atoms with Gasteiger partial charge >= 0.3 is 16.3 Å². The zero-order chi connectivity index (χ0) is 22.4. The summed E-state index contributed by atoms with van der Waals surface area (Å²) in [5, 5.41) is 5.12. The first-order chi connectivity index (χ1) is 14.7. The van der Waals surface area contributed by atoms with Gasteiger partial charge in [-0.05, 0) is 97.8 Å². The topological polar surface area (TPSA) is 95.7 Å². The lowest BCUT2D eigenvalue weighted by Crippen LogP contribution is -2.40. The summed E-state index contributed by atoms with van der Waals surface area (Å²) in [4.78, 5) is 12.1. The van der Waals surface area contributed by atoms with Crippen LogP contribution in [0.2, 0.25) is 0 Å². The van der Waals surface area contributed by atoms with Crippen molar-refractivity contribution in [1.29, 1.82) is 0 Å². The van der Waals surface area contributed by atoms with E-state index >= 15 is 0 Å². The Morgan fingerprint density at radius 1 is 1.23 bits per heavy atom. The molecule has 0 heterocycles. The second-order valence-electron chi connectivity index (χ2n) is 9.42. The molecule has 1 aromatic carbocycles. The molecule has 31 heavy (non-hydrogen) atoms. The van der Waals surface area contributed by atoms with Gasteiger partial charge in [0.2, 0.25) is 0 Å². The Morgan fingerprint density at radius 2 is 2.00 bits per heavy atom. The lowest BCUT2D eigenvalue weighted by Gasteiger charge is -2.49. The van der Waals surface area contributed by atoms with Crippen molar-refractivity contribution in [2.24, 2.45) is 22.4 Å². The van der Waals surface area contributed by atoms with Gasteiger partial charge in [-0.2, -0.15) is 13.6 Å². The van der Waals surface area contributed by atoms with E-state index in [1.807, 2.05) is 19.9 Å². The van der Waals surface area contributed by atoms with Crippen LogP contribution >= 0.6 is 0 Å². The molecule has 6 nitrogen and oxygen atoms in total. The molecule has 2 saturated carbocycles. The van der Waals surface area contributed by atoms with Crippen molar-refractivity contribution >= 4 is 16.3 Å². The fourth-order valence-corrected chi connectivity index (χ4v) is 6.94. The minimum absolute atomic E-state index is 0.0652. The summed E-state index contributed by atoms with van der Waals surface area (Å²) in [5.41, 5.74) is 4.73. The lowest BCUT2D eigenvalue weighted by atomic mass is 9.55. The minimum Gasteiger partial charge on any atom is -0.463 e. The molecule has 1 aromatic rings. The van der Waals surface area contributed by atoms with E-state index in [9.17, 15) is 13.2 Å². The minimum atomic E-state index is -4.04. The summed E-state index contributed by atoms with van der Waals surface area (Å²) >= 11 is 0. The number of esters is 1. The molecule has 4 rings (SSSR count). The number of rotatable bonds is 5. The number of nitrogens with two attached hydrogens (primary N) is 1. The van der Waals surface area contributed by atoms with E-state index in [0.29, 0.717) is 36.5 Å². The number of allylic oxidation sites excluding steroid dienone is 1. The molecule has 0 aliphatic heterocycles. The van der Waals surface area contributed by atoms with Crippen molar-refractivity contribution in [1.82, 2.24) is 0 Å². The monoisotopic (exact) mass is 447 g/mol. The Bertz CT molecular complexity index is 1020. The smallest absolute Gasteiger partial charge is 0.380 e. The predicted molar refractivity (Wildman–Crippen MR) is 119 cm³/mol. The van der Waals surface area contributed by atoms with E-state index in [4.69, 9.17) is 14.1 Å². The maximum absolute atomic E-state index is 12.1. The number of hydrogen-bond acceptors (Lipinski definition) is 5. The van der Waals surface area contributed by atoms with E-state index < -0.39 is 10.3 Å². The number of aryl methyl sites for hydroxylation is 2. The van der Waals surface area contributed by atoms with E-state index in [-0.39, 0.29) is 11.4 Å². The van der Waals surface area contributed by atoms with Gasteiger partial charge in [-0.25, -0.2) is 4.79 Å². The highest BCUT2D eigenvalue weighted by atomic mass is 32.2. The van der Waals surface area contributed by atoms with Gasteiger partial charge < -0.3 is 8.92 Å². The molecule has 0 spiro atoms. The molecule has 2 fully saturated rings. The quantitative estimate of drug-likeness (QED) is 0.540. The fraction of sp³-hybridized carbons (Fsp3) is 0.625. The summed E-state index contributed by atoms with van der Waals surface area (Å²) in [6.07, 6.45) is 8.64. The van der Waals surface area contributed by atoms with E-state index in [0.717, 1.165) is 44.1 Å². The van der Waals surface area contributed by atoms with Crippen LogP contribution in [0.1, 0.15) is 75.5 Å². The van der Waals surface area contributed by atoms with Crippen molar-refractivity contribution in [3.05, 3.63) is 40.5 Å². The summed E-state index contributed by atoms with van der Waals surface area (Å²) in [7, 11) is -4.04. The molecule has 3 unspecified atom stereocenters. The third-order valence-electron chi connectivity index (χ3n) is 7.92. The second-order valence-corrected chi connectivity index (χ2v) is 10.6.